The number of benzene rings is 2. The molecule has 0 atom stereocenters. The first-order valence-corrected chi connectivity index (χ1v) is 8.49. The second-order valence-electron chi connectivity index (χ2n) is 5.81. The van der Waals surface area contributed by atoms with Gasteiger partial charge in [0.25, 0.3) is 0 Å². The summed E-state index contributed by atoms with van der Waals surface area (Å²) in [6, 6.07) is 9.37. The Balaban J connectivity index is 2.20. The second-order valence-corrected chi connectivity index (χ2v) is 5.81. The van der Waals surface area contributed by atoms with Crippen LogP contribution in [0.3, 0.4) is 0 Å². The van der Waals surface area contributed by atoms with Crippen molar-refractivity contribution in [3.8, 4) is 29.1 Å². The molecule has 0 unspecified atom stereocenters. The molecule has 0 bridgehead atoms. The van der Waals surface area contributed by atoms with E-state index in [1.165, 1.54) is 40.6 Å². The number of esters is 1. The molecule has 0 aliphatic rings. The molecule has 3 rings (SSSR count). The summed E-state index contributed by atoms with van der Waals surface area (Å²) in [6.07, 6.45) is 0. The van der Waals surface area contributed by atoms with Crippen molar-refractivity contribution in [1.82, 2.24) is 0 Å². The molecule has 3 aromatic rings. The van der Waals surface area contributed by atoms with Gasteiger partial charge in [0.05, 0.1) is 39.6 Å². The summed E-state index contributed by atoms with van der Waals surface area (Å²) in [7, 11) is 5.80. The van der Waals surface area contributed by atoms with E-state index >= 15 is 0 Å². The topological polar surface area (TPSA) is 84.2 Å². The van der Waals surface area contributed by atoms with E-state index in [4.69, 9.17) is 23.4 Å². The first kappa shape index (κ1) is 19.8. The van der Waals surface area contributed by atoms with E-state index in [9.17, 15) is 9.59 Å². The first-order valence-electron chi connectivity index (χ1n) is 8.49. The molecular weight excluding hydrogens is 376 g/mol. The number of hydrogen-bond donors (Lipinski definition) is 0. The molecule has 0 fully saturated rings. The number of ether oxygens (including phenoxy) is 4. The van der Waals surface area contributed by atoms with Gasteiger partial charge in [0, 0.05) is 17.0 Å². The van der Waals surface area contributed by atoms with E-state index in [0.717, 1.165) is 0 Å². The molecule has 0 saturated heterocycles. The van der Waals surface area contributed by atoms with Crippen molar-refractivity contribution >= 4 is 16.9 Å². The molecule has 0 spiro atoms. The Bertz CT molecular complexity index is 1200. The Hall–Kier alpha value is -3.92. The molecular formula is C22H18O7. The van der Waals surface area contributed by atoms with Crippen LogP contribution in [-0.2, 0) is 4.74 Å². The standard InChI is InChI=1S/C22H18O7/c1-25-17-9-7-13(20(26-2)21(17)27-3)5-6-14-12-18-15(8-10-19(23)29-18)11-16(14)22(24)28-4/h7-12H,1-4H3. The molecule has 148 valence electrons. The van der Waals surface area contributed by atoms with Gasteiger partial charge >= 0.3 is 11.6 Å². The van der Waals surface area contributed by atoms with Crippen LogP contribution in [0, 0.1) is 11.8 Å². The lowest BCUT2D eigenvalue weighted by Crippen LogP contribution is -2.05. The fraction of sp³-hybridized carbons (Fsp3) is 0.182. The van der Waals surface area contributed by atoms with Crippen LogP contribution >= 0.6 is 0 Å². The molecule has 0 N–H and O–H groups in total. The number of rotatable bonds is 4. The van der Waals surface area contributed by atoms with Gasteiger partial charge < -0.3 is 23.4 Å². The van der Waals surface area contributed by atoms with Crippen molar-refractivity contribution < 1.29 is 28.2 Å². The Morgan fingerprint density at radius 1 is 0.862 bits per heavy atom. The van der Waals surface area contributed by atoms with Crippen LogP contribution in [0.5, 0.6) is 17.2 Å². The number of fused-ring (bicyclic) bond motifs is 1. The molecule has 7 nitrogen and oxygen atoms in total. The highest BCUT2D eigenvalue weighted by Gasteiger charge is 2.16. The minimum absolute atomic E-state index is 0.251. The Labute approximate surface area is 166 Å². The molecule has 7 heteroatoms. The van der Waals surface area contributed by atoms with Gasteiger partial charge in [-0.2, -0.15) is 0 Å². The predicted molar refractivity (Wildman–Crippen MR) is 106 cm³/mol. The Kier molecular flexibility index (Phi) is 5.74. The van der Waals surface area contributed by atoms with Gasteiger partial charge in [-0.3, -0.25) is 0 Å². The van der Waals surface area contributed by atoms with Crippen molar-refractivity contribution in [2.45, 2.75) is 0 Å². The van der Waals surface area contributed by atoms with E-state index in [1.54, 1.807) is 24.3 Å². The van der Waals surface area contributed by atoms with Gasteiger partial charge in [-0.05, 0) is 30.3 Å². The van der Waals surface area contributed by atoms with E-state index in [2.05, 4.69) is 11.8 Å². The molecule has 0 amide bonds. The fourth-order valence-corrected chi connectivity index (χ4v) is 2.83. The summed E-state index contributed by atoms with van der Waals surface area (Å²) in [6.45, 7) is 0. The lowest BCUT2D eigenvalue weighted by molar-refractivity contribution is 0.0600. The third-order valence-corrected chi connectivity index (χ3v) is 4.20. The maximum absolute atomic E-state index is 12.2. The van der Waals surface area contributed by atoms with Crippen LogP contribution in [0.2, 0.25) is 0 Å². The smallest absolute Gasteiger partial charge is 0.339 e. The van der Waals surface area contributed by atoms with Crippen molar-refractivity contribution in [3.63, 3.8) is 0 Å². The highest BCUT2D eigenvalue weighted by atomic mass is 16.5. The summed E-state index contributed by atoms with van der Waals surface area (Å²) in [5.74, 6) is 6.64. The van der Waals surface area contributed by atoms with E-state index in [0.29, 0.717) is 39.3 Å². The largest absolute Gasteiger partial charge is 0.493 e. The first-order chi connectivity index (χ1) is 14.0. The van der Waals surface area contributed by atoms with Crippen molar-refractivity contribution in [1.29, 1.82) is 0 Å². The monoisotopic (exact) mass is 394 g/mol. The zero-order valence-corrected chi connectivity index (χ0v) is 16.3. The maximum Gasteiger partial charge on any atom is 0.339 e. The molecule has 1 aromatic heterocycles. The van der Waals surface area contributed by atoms with Crippen molar-refractivity contribution in [3.05, 3.63) is 63.5 Å². The third kappa shape index (κ3) is 3.87. The minimum atomic E-state index is -0.554. The summed E-state index contributed by atoms with van der Waals surface area (Å²) >= 11 is 0. The Morgan fingerprint density at radius 2 is 1.59 bits per heavy atom. The van der Waals surface area contributed by atoms with Crippen LogP contribution in [0.25, 0.3) is 11.0 Å². The minimum Gasteiger partial charge on any atom is -0.493 e. The Morgan fingerprint density at radius 3 is 2.24 bits per heavy atom. The highest BCUT2D eigenvalue weighted by molar-refractivity contribution is 5.97. The van der Waals surface area contributed by atoms with E-state index in [1.807, 2.05) is 0 Å². The van der Waals surface area contributed by atoms with E-state index in [-0.39, 0.29) is 5.56 Å². The van der Waals surface area contributed by atoms with Gasteiger partial charge in [0.15, 0.2) is 11.5 Å². The molecule has 1 heterocycles. The average molecular weight is 394 g/mol. The third-order valence-electron chi connectivity index (χ3n) is 4.20. The van der Waals surface area contributed by atoms with Crippen LogP contribution in [0.1, 0.15) is 21.5 Å². The average Bonchev–Trinajstić information content (AvgIpc) is 2.75. The van der Waals surface area contributed by atoms with Gasteiger partial charge in [-0.15, -0.1) is 0 Å². The molecule has 2 aromatic carbocycles. The van der Waals surface area contributed by atoms with Crippen LogP contribution in [-0.4, -0.2) is 34.4 Å². The molecule has 0 aliphatic heterocycles. The highest BCUT2D eigenvalue weighted by Crippen LogP contribution is 2.39. The van der Waals surface area contributed by atoms with Crippen LogP contribution in [0.15, 0.2) is 45.6 Å². The number of hydrogen-bond acceptors (Lipinski definition) is 7. The summed E-state index contributed by atoms with van der Waals surface area (Å²) < 4.78 is 26.1. The predicted octanol–water partition coefficient (Wildman–Crippen LogP) is 3.01. The van der Waals surface area contributed by atoms with Gasteiger partial charge in [-0.1, -0.05) is 11.8 Å². The van der Waals surface area contributed by atoms with E-state index < -0.39 is 11.6 Å². The second kappa shape index (κ2) is 8.40. The molecule has 0 saturated carbocycles. The van der Waals surface area contributed by atoms with Crippen molar-refractivity contribution in [2.24, 2.45) is 0 Å². The number of carbonyl (C=O) groups is 1. The quantitative estimate of drug-likeness (QED) is 0.382. The lowest BCUT2D eigenvalue weighted by atomic mass is 10.0. The van der Waals surface area contributed by atoms with Gasteiger partial charge in [0.2, 0.25) is 5.75 Å². The van der Waals surface area contributed by atoms with Crippen molar-refractivity contribution in [2.75, 3.05) is 28.4 Å². The van der Waals surface area contributed by atoms with Crippen LogP contribution in [0.4, 0.5) is 0 Å². The zero-order chi connectivity index (χ0) is 21.0. The summed E-state index contributed by atoms with van der Waals surface area (Å²) in [5, 5.41) is 0.583. The SMILES string of the molecule is COC(=O)c1cc2ccc(=O)oc2cc1C#Cc1ccc(OC)c(OC)c1OC. The number of methoxy groups -OCH3 is 4. The molecule has 0 aliphatic carbocycles. The van der Waals surface area contributed by atoms with Gasteiger partial charge in [-0.25, -0.2) is 9.59 Å². The van der Waals surface area contributed by atoms with Gasteiger partial charge in [0.1, 0.15) is 5.58 Å². The number of carbonyl (C=O) groups excluding carboxylic acids is 1. The normalized spacial score (nSPS) is 10.1. The maximum atomic E-state index is 12.2. The zero-order valence-electron chi connectivity index (χ0n) is 16.3. The van der Waals surface area contributed by atoms with Crippen LogP contribution < -0.4 is 19.8 Å². The lowest BCUT2D eigenvalue weighted by Gasteiger charge is -2.13. The fourth-order valence-electron chi connectivity index (χ4n) is 2.83. The molecule has 29 heavy (non-hydrogen) atoms. The summed E-state index contributed by atoms with van der Waals surface area (Å²) in [4.78, 5) is 23.7. The summed E-state index contributed by atoms with van der Waals surface area (Å²) in [5.41, 5.74) is 0.935. The molecule has 0 radical (unpaired) electrons.